The summed E-state index contributed by atoms with van der Waals surface area (Å²) in [5.41, 5.74) is 3.19. The molecule has 1 aromatic carbocycles. The van der Waals surface area contributed by atoms with E-state index in [0.29, 0.717) is 0 Å². The van der Waals surface area contributed by atoms with Crippen molar-refractivity contribution in [3.05, 3.63) is 35.7 Å². The minimum atomic E-state index is 0.774. The lowest BCUT2D eigenvalue weighted by Crippen LogP contribution is -2.04. The van der Waals surface area contributed by atoms with Crippen LogP contribution in [-0.2, 0) is 0 Å². The molecular formula is C16H21N3O. The zero-order chi connectivity index (χ0) is 14.5. The fourth-order valence-corrected chi connectivity index (χ4v) is 2.10. The summed E-state index contributed by atoms with van der Waals surface area (Å²) in [7, 11) is 1.68. The first-order chi connectivity index (χ1) is 9.63. The lowest BCUT2D eigenvalue weighted by atomic mass is 10.0. The Morgan fingerprint density at radius 1 is 1.15 bits per heavy atom. The van der Waals surface area contributed by atoms with E-state index in [4.69, 9.17) is 4.74 Å². The average Bonchev–Trinajstić information content (AvgIpc) is 2.44. The Morgan fingerprint density at radius 2 is 1.95 bits per heavy atom. The third kappa shape index (κ3) is 3.26. The monoisotopic (exact) mass is 271 g/mol. The van der Waals surface area contributed by atoms with Gasteiger partial charge in [-0.2, -0.15) is 0 Å². The second kappa shape index (κ2) is 6.37. The van der Waals surface area contributed by atoms with Crippen LogP contribution in [0.25, 0.3) is 11.3 Å². The van der Waals surface area contributed by atoms with Crippen LogP contribution in [-0.4, -0.2) is 23.6 Å². The fourth-order valence-electron chi connectivity index (χ4n) is 2.10. The first kappa shape index (κ1) is 14.3. The molecule has 20 heavy (non-hydrogen) atoms. The molecule has 0 aliphatic heterocycles. The van der Waals surface area contributed by atoms with Gasteiger partial charge in [-0.3, -0.25) is 0 Å². The molecule has 0 saturated carbocycles. The highest BCUT2D eigenvalue weighted by atomic mass is 16.5. The number of rotatable bonds is 5. The molecule has 0 atom stereocenters. The SMILES string of the molecule is CCCNc1cc(-c2ccc(OC)cc2C)nc(C)n1. The standard InChI is InChI=1S/C16H21N3O/c1-5-8-17-16-10-15(18-12(3)19-16)14-7-6-13(20-4)9-11(14)2/h6-7,9-10H,5,8H2,1-4H3,(H,17,18,19). The number of nitrogens with zero attached hydrogens (tertiary/aromatic N) is 2. The zero-order valence-corrected chi connectivity index (χ0v) is 12.5. The number of ether oxygens (including phenoxy) is 1. The van der Waals surface area contributed by atoms with E-state index < -0.39 is 0 Å². The van der Waals surface area contributed by atoms with Gasteiger partial charge in [0, 0.05) is 18.2 Å². The molecule has 0 spiro atoms. The van der Waals surface area contributed by atoms with Crippen molar-refractivity contribution < 1.29 is 4.74 Å². The van der Waals surface area contributed by atoms with Crippen LogP contribution in [0.1, 0.15) is 24.7 Å². The Hall–Kier alpha value is -2.10. The summed E-state index contributed by atoms with van der Waals surface area (Å²) < 4.78 is 5.24. The predicted molar refractivity (Wildman–Crippen MR) is 82.3 cm³/mol. The first-order valence-corrected chi connectivity index (χ1v) is 6.88. The van der Waals surface area contributed by atoms with Crippen LogP contribution in [0.3, 0.4) is 0 Å². The maximum atomic E-state index is 5.24. The molecule has 4 nitrogen and oxygen atoms in total. The summed E-state index contributed by atoms with van der Waals surface area (Å²) in [5.74, 6) is 2.52. The van der Waals surface area contributed by atoms with E-state index in [2.05, 4.69) is 29.1 Å². The van der Waals surface area contributed by atoms with E-state index in [9.17, 15) is 0 Å². The molecule has 0 amide bonds. The molecule has 1 N–H and O–H groups in total. The van der Waals surface area contributed by atoms with Crippen LogP contribution >= 0.6 is 0 Å². The summed E-state index contributed by atoms with van der Waals surface area (Å²) in [4.78, 5) is 8.95. The van der Waals surface area contributed by atoms with Crippen molar-refractivity contribution >= 4 is 5.82 Å². The van der Waals surface area contributed by atoms with Gasteiger partial charge in [-0.05, 0) is 44.0 Å². The quantitative estimate of drug-likeness (QED) is 0.902. The summed E-state index contributed by atoms with van der Waals surface area (Å²) >= 11 is 0. The molecule has 0 bridgehead atoms. The third-order valence-electron chi connectivity index (χ3n) is 3.10. The first-order valence-electron chi connectivity index (χ1n) is 6.88. The van der Waals surface area contributed by atoms with E-state index in [-0.39, 0.29) is 0 Å². The molecule has 0 unspecified atom stereocenters. The van der Waals surface area contributed by atoms with Crippen molar-refractivity contribution in [2.45, 2.75) is 27.2 Å². The number of benzene rings is 1. The van der Waals surface area contributed by atoms with Crippen molar-refractivity contribution in [1.29, 1.82) is 0 Å². The largest absolute Gasteiger partial charge is 0.497 e. The Morgan fingerprint density at radius 3 is 2.60 bits per heavy atom. The van der Waals surface area contributed by atoms with Crippen LogP contribution in [0.5, 0.6) is 5.75 Å². The lowest BCUT2D eigenvalue weighted by Gasteiger charge is -2.10. The molecule has 0 saturated heterocycles. The molecule has 0 radical (unpaired) electrons. The average molecular weight is 271 g/mol. The maximum absolute atomic E-state index is 5.24. The molecule has 0 fully saturated rings. The molecule has 1 heterocycles. The minimum Gasteiger partial charge on any atom is -0.497 e. The molecule has 1 aromatic heterocycles. The summed E-state index contributed by atoms with van der Waals surface area (Å²) in [5, 5.41) is 3.31. The predicted octanol–water partition coefficient (Wildman–Crippen LogP) is 3.59. The smallest absolute Gasteiger partial charge is 0.130 e. The number of nitrogens with one attached hydrogen (secondary N) is 1. The maximum Gasteiger partial charge on any atom is 0.130 e. The van der Waals surface area contributed by atoms with Gasteiger partial charge in [-0.15, -0.1) is 0 Å². The van der Waals surface area contributed by atoms with Crippen molar-refractivity contribution in [2.24, 2.45) is 0 Å². The van der Waals surface area contributed by atoms with Crippen LogP contribution in [0.2, 0.25) is 0 Å². The molecule has 2 rings (SSSR count). The summed E-state index contributed by atoms with van der Waals surface area (Å²) in [6.07, 6.45) is 1.07. The van der Waals surface area contributed by atoms with Gasteiger partial charge in [-0.25, -0.2) is 9.97 Å². The van der Waals surface area contributed by atoms with E-state index in [1.165, 1.54) is 0 Å². The molecule has 0 aliphatic carbocycles. The van der Waals surface area contributed by atoms with Gasteiger partial charge < -0.3 is 10.1 Å². The van der Waals surface area contributed by atoms with Crippen molar-refractivity contribution in [3.63, 3.8) is 0 Å². The number of hydrogen-bond donors (Lipinski definition) is 1. The molecule has 106 valence electrons. The van der Waals surface area contributed by atoms with E-state index in [1.807, 2.05) is 31.2 Å². The molecule has 2 aromatic rings. The van der Waals surface area contributed by atoms with Gasteiger partial charge in [0.25, 0.3) is 0 Å². The Labute approximate surface area is 120 Å². The normalized spacial score (nSPS) is 10.4. The van der Waals surface area contributed by atoms with E-state index in [0.717, 1.165) is 47.2 Å². The Bertz CT molecular complexity index is 596. The van der Waals surface area contributed by atoms with Crippen LogP contribution in [0.15, 0.2) is 24.3 Å². The molecule has 0 aliphatic rings. The summed E-state index contributed by atoms with van der Waals surface area (Å²) in [6.45, 7) is 7.03. The van der Waals surface area contributed by atoms with Gasteiger partial charge in [0.2, 0.25) is 0 Å². The number of aromatic nitrogens is 2. The minimum absolute atomic E-state index is 0.774. The summed E-state index contributed by atoms with van der Waals surface area (Å²) in [6, 6.07) is 8.02. The Balaban J connectivity index is 2.39. The van der Waals surface area contributed by atoms with Gasteiger partial charge in [-0.1, -0.05) is 6.92 Å². The second-order valence-corrected chi connectivity index (χ2v) is 4.79. The molecular weight excluding hydrogens is 250 g/mol. The van der Waals surface area contributed by atoms with Crippen molar-refractivity contribution in [3.8, 4) is 17.0 Å². The Kier molecular flexibility index (Phi) is 4.56. The van der Waals surface area contributed by atoms with Crippen LogP contribution < -0.4 is 10.1 Å². The van der Waals surface area contributed by atoms with E-state index in [1.54, 1.807) is 7.11 Å². The van der Waals surface area contributed by atoms with Gasteiger partial charge in [0.05, 0.1) is 12.8 Å². The lowest BCUT2D eigenvalue weighted by molar-refractivity contribution is 0.414. The van der Waals surface area contributed by atoms with Crippen LogP contribution in [0.4, 0.5) is 5.82 Å². The fraction of sp³-hybridized carbons (Fsp3) is 0.375. The van der Waals surface area contributed by atoms with Gasteiger partial charge in [0.1, 0.15) is 17.4 Å². The topological polar surface area (TPSA) is 47.0 Å². The number of methoxy groups -OCH3 is 1. The highest BCUT2D eigenvalue weighted by Crippen LogP contribution is 2.26. The number of anilines is 1. The number of hydrogen-bond acceptors (Lipinski definition) is 4. The zero-order valence-electron chi connectivity index (χ0n) is 12.5. The molecule has 4 heteroatoms. The number of aryl methyl sites for hydroxylation is 2. The highest BCUT2D eigenvalue weighted by molar-refractivity contribution is 5.67. The van der Waals surface area contributed by atoms with Crippen molar-refractivity contribution in [2.75, 3.05) is 19.0 Å². The van der Waals surface area contributed by atoms with Gasteiger partial charge >= 0.3 is 0 Å². The van der Waals surface area contributed by atoms with E-state index >= 15 is 0 Å². The van der Waals surface area contributed by atoms with Crippen molar-refractivity contribution in [1.82, 2.24) is 9.97 Å². The second-order valence-electron chi connectivity index (χ2n) is 4.79. The highest BCUT2D eigenvalue weighted by Gasteiger charge is 2.08. The van der Waals surface area contributed by atoms with Crippen LogP contribution in [0, 0.1) is 13.8 Å². The third-order valence-corrected chi connectivity index (χ3v) is 3.10. The van der Waals surface area contributed by atoms with Gasteiger partial charge in [0.15, 0.2) is 0 Å².